The first-order valence-corrected chi connectivity index (χ1v) is 5.77. The van der Waals surface area contributed by atoms with Gasteiger partial charge in [-0.25, -0.2) is 0 Å². The number of anilines is 2. The summed E-state index contributed by atoms with van der Waals surface area (Å²) in [6, 6.07) is 8.87. The lowest BCUT2D eigenvalue weighted by Crippen LogP contribution is -2.15. The van der Waals surface area contributed by atoms with E-state index in [2.05, 4.69) is 10.3 Å². The normalized spacial score (nSPS) is 10.1. The zero-order chi connectivity index (χ0) is 13.0. The third-order valence-corrected chi connectivity index (χ3v) is 2.78. The van der Waals surface area contributed by atoms with Crippen LogP contribution in [0.5, 0.6) is 0 Å². The van der Waals surface area contributed by atoms with Gasteiger partial charge in [0, 0.05) is 11.9 Å². The highest BCUT2D eigenvalue weighted by molar-refractivity contribution is 6.33. The molecular formula is C13H12ClN3O. The van der Waals surface area contributed by atoms with Crippen LogP contribution in [0.15, 0.2) is 42.7 Å². The molecule has 0 spiro atoms. The first-order chi connectivity index (χ1) is 8.66. The molecule has 0 aliphatic carbocycles. The maximum atomic E-state index is 11.8. The molecule has 0 aliphatic heterocycles. The average Bonchev–Trinajstić information content (AvgIpc) is 2.35. The molecule has 18 heavy (non-hydrogen) atoms. The molecule has 1 aromatic heterocycles. The van der Waals surface area contributed by atoms with E-state index in [1.165, 1.54) is 6.20 Å². The molecule has 4 nitrogen and oxygen atoms in total. The fraction of sp³-hybridized carbons (Fsp3) is 0.0769. The first kappa shape index (κ1) is 12.4. The zero-order valence-corrected chi connectivity index (χ0v) is 10.3. The monoisotopic (exact) mass is 261 g/mol. The summed E-state index contributed by atoms with van der Waals surface area (Å²) in [6.07, 6.45) is 3.28. The molecule has 2 rings (SSSR count). The molecule has 92 valence electrons. The van der Waals surface area contributed by atoms with Gasteiger partial charge in [0.05, 0.1) is 23.3 Å². The van der Waals surface area contributed by atoms with Crippen molar-refractivity contribution >= 4 is 28.9 Å². The SMILES string of the molecule is Nc1ccccc1CC(=O)Nc1cnccc1Cl. The Hall–Kier alpha value is -2.07. The van der Waals surface area contributed by atoms with Crippen molar-refractivity contribution in [2.24, 2.45) is 0 Å². The van der Waals surface area contributed by atoms with E-state index >= 15 is 0 Å². The molecule has 1 amide bonds. The van der Waals surface area contributed by atoms with Crippen molar-refractivity contribution in [1.82, 2.24) is 4.98 Å². The van der Waals surface area contributed by atoms with Crippen LogP contribution in [-0.4, -0.2) is 10.9 Å². The summed E-state index contributed by atoms with van der Waals surface area (Å²) in [6.45, 7) is 0. The van der Waals surface area contributed by atoms with Crippen molar-refractivity contribution in [1.29, 1.82) is 0 Å². The highest BCUT2D eigenvalue weighted by Gasteiger charge is 2.08. The van der Waals surface area contributed by atoms with Gasteiger partial charge in [0.25, 0.3) is 0 Å². The Balaban J connectivity index is 2.06. The van der Waals surface area contributed by atoms with Crippen LogP contribution in [0.1, 0.15) is 5.56 Å². The summed E-state index contributed by atoms with van der Waals surface area (Å²) < 4.78 is 0. The van der Waals surface area contributed by atoms with Crippen LogP contribution >= 0.6 is 11.6 Å². The maximum Gasteiger partial charge on any atom is 0.228 e. The predicted octanol–water partition coefficient (Wildman–Crippen LogP) is 2.50. The van der Waals surface area contributed by atoms with Crippen LogP contribution in [0.25, 0.3) is 0 Å². The van der Waals surface area contributed by atoms with Gasteiger partial charge in [-0.1, -0.05) is 29.8 Å². The number of nitrogens with one attached hydrogen (secondary N) is 1. The highest BCUT2D eigenvalue weighted by Crippen LogP contribution is 2.19. The highest BCUT2D eigenvalue weighted by atomic mass is 35.5. The number of nitrogen functional groups attached to an aromatic ring is 1. The smallest absolute Gasteiger partial charge is 0.228 e. The predicted molar refractivity (Wildman–Crippen MR) is 72.4 cm³/mol. The molecular weight excluding hydrogens is 250 g/mol. The fourth-order valence-corrected chi connectivity index (χ4v) is 1.68. The van der Waals surface area contributed by atoms with Gasteiger partial charge in [-0.05, 0) is 17.7 Å². The number of hydrogen-bond acceptors (Lipinski definition) is 3. The van der Waals surface area contributed by atoms with Crippen LogP contribution in [0.4, 0.5) is 11.4 Å². The van der Waals surface area contributed by atoms with E-state index in [0.717, 1.165) is 5.56 Å². The van der Waals surface area contributed by atoms with Crippen molar-refractivity contribution in [3.05, 3.63) is 53.3 Å². The maximum absolute atomic E-state index is 11.8. The number of carbonyl (C=O) groups is 1. The number of halogens is 1. The Bertz CT molecular complexity index is 522. The topological polar surface area (TPSA) is 68.0 Å². The minimum atomic E-state index is -0.178. The van der Waals surface area contributed by atoms with Gasteiger partial charge in [0.15, 0.2) is 0 Å². The van der Waals surface area contributed by atoms with E-state index in [-0.39, 0.29) is 12.3 Å². The summed E-state index contributed by atoms with van der Waals surface area (Å²) >= 11 is 5.92. The molecule has 5 heteroatoms. The number of benzene rings is 1. The Labute approximate surface area is 110 Å². The lowest BCUT2D eigenvalue weighted by Gasteiger charge is -2.07. The zero-order valence-electron chi connectivity index (χ0n) is 9.56. The molecule has 0 fully saturated rings. The average molecular weight is 262 g/mol. The molecule has 0 radical (unpaired) electrons. The molecule has 1 aromatic carbocycles. The summed E-state index contributed by atoms with van der Waals surface area (Å²) in [7, 11) is 0. The third-order valence-electron chi connectivity index (χ3n) is 2.45. The van der Waals surface area contributed by atoms with E-state index < -0.39 is 0 Å². The van der Waals surface area contributed by atoms with Crippen LogP contribution in [0.2, 0.25) is 5.02 Å². The summed E-state index contributed by atoms with van der Waals surface area (Å²) in [5.41, 5.74) is 7.66. The lowest BCUT2D eigenvalue weighted by molar-refractivity contribution is -0.115. The minimum Gasteiger partial charge on any atom is -0.398 e. The second-order valence-electron chi connectivity index (χ2n) is 3.78. The van der Waals surface area contributed by atoms with Gasteiger partial charge in [-0.3, -0.25) is 9.78 Å². The van der Waals surface area contributed by atoms with Crippen LogP contribution < -0.4 is 11.1 Å². The second-order valence-corrected chi connectivity index (χ2v) is 4.19. The molecule has 0 bridgehead atoms. The molecule has 0 aliphatic rings. The summed E-state index contributed by atoms with van der Waals surface area (Å²) in [5, 5.41) is 3.15. The molecule has 1 heterocycles. The number of carbonyl (C=O) groups excluding carboxylic acids is 1. The number of para-hydroxylation sites is 1. The Morgan fingerprint density at radius 1 is 1.33 bits per heavy atom. The van der Waals surface area contributed by atoms with Gasteiger partial charge >= 0.3 is 0 Å². The standard InChI is InChI=1S/C13H12ClN3O/c14-10-5-6-16-8-12(10)17-13(18)7-9-3-1-2-4-11(9)15/h1-6,8H,7,15H2,(H,17,18). The molecule has 2 aromatic rings. The van der Waals surface area contributed by atoms with E-state index in [9.17, 15) is 4.79 Å². The van der Waals surface area contributed by atoms with Crippen LogP contribution in [-0.2, 0) is 11.2 Å². The fourth-order valence-electron chi connectivity index (χ4n) is 1.53. The number of amides is 1. The van der Waals surface area contributed by atoms with Crippen LogP contribution in [0.3, 0.4) is 0 Å². The molecule has 0 saturated heterocycles. The largest absolute Gasteiger partial charge is 0.398 e. The van der Waals surface area contributed by atoms with Crippen LogP contribution in [0, 0.1) is 0 Å². The van der Waals surface area contributed by atoms with Crippen molar-refractivity contribution in [3.63, 3.8) is 0 Å². The van der Waals surface area contributed by atoms with Gasteiger partial charge in [0.1, 0.15) is 0 Å². The molecule has 0 saturated carbocycles. The minimum absolute atomic E-state index is 0.178. The van der Waals surface area contributed by atoms with Gasteiger partial charge in [-0.2, -0.15) is 0 Å². The number of aromatic nitrogens is 1. The number of pyridine rings is 1. The van der Waals surface area contributed by atoms with Gasteiger partial charge < -0.3 is 11.1 Å². The molecule has 3 N–H and O–H groups in total. The number of nitrogens with zero attached hydrogens (tertiary/aromatic N) is 1. The van der Waals surface area contributed by atoms with E-state index in [1.54, 1.807) is 18.3 Å². The van der Waals surface area contributed by atoms with Crippen molar-refractivity contribution in [2.45, 2.75) is 6.42 Å². The molecule has 0 unspecified atom stereocenters. The van der Waals surface area contributed by atoms with E-state index in [1.807, 2.05) is 18.2 Å². The van der Waals surface area contributed by atoms with Crippen molar-refractivity contribution < 1.29 is 4.79 Å². The Morgan fingerprint density at radius 2 is 2.11 bits per heavy atom. The number of hydrogen-bond donors (Lipinski definition) is 2. The van der Waals surface area contributed by atoms with E-state index in [0.29, 0.717) is 16.4 Å². The van der Waals surface area contributed by atoms with Crippen molar-refractivity contribution in [2.75, 3.05) is 11.1 Å². The second kappa shape index (κ2) is 5.51. The molecule has 0 atom stereocenters. The van der Waals surface area contributed by atoms with E-state index in [4.69, 9.17) is 17.3 Å². The number of nitrogens with two attached hydrogens (primary N) is 1. The van der Waals surface area contributed by atoms with Gasteiger partial charge in [-0.15, -0.1) is 0 Å². The summed E-state index contributed by atoms with van der Waals surface area (Å²) in [5.74, 6) is -0.178. The first-order valence-electron chi connectivity index (χ1n) is 5.39. The van der Waals surface area contributed by atoms with Crippen molar-refractivity contribution in [3.8, 4) is 0 Å². The Kier molecular flexibility index (Phi) is 3.79. The van der Waals surface area contributed by atoms with Gasteiger partial charge in [0.2, 0.25) is 5.91 Å². The quantitative estimate of drug-likeness (QED) is 0.834. The third kappa shape index (κ3) is 2.99. The Morgan fingerprint density at radius 3 is 2.83 bits per heavy atom. The summed E-state index contributed by atoms with van der Waals surface area (Å²) in [4.78, 5) is 15.7. The lowest BCUT2D eigenvalue weighted by atomic mass is 10.1. The number of rotatable bonds is 3.